The molecule has 0 amide bonds. The molecule has 0 aliphatic heterocycles. The van der Waals surface area contributed by atoms with E-state index in [1.165, 1.54) is 0 Å². The molecule has 0 aliphatic carbocycles. The molecule has 0 unspecified atom stereocenters. The van der Waals surface area contributed by atoms with Gasteiger partial charge in [0.15, 0.2) is 0 Å². The predicted octanol–water partition coefficient (Wildman–Crippen LogP) is 1.18. The quantitative estimate of drug-likeness (QED) is 0.786. The predicted molar refractivity (Wildman–Crippen MR) is 55.0 cm³/mol. The summed E-state index contributed by atoms with van der Waals surface area (Å²) in [6.07, 6.45) is 0.856. The van der Waals surface area contributed by atoms with Crippen LogP contribution in [0.15, 0.2) is 4.52 Å². The highest BCUT2D eigenvalue weighted by molar-refractivity contribution is 5.24. The minimum Gasteiger partial charge on any atom is -0.344 e. The molecule has 0 aromatic carbocycles. The van der Waals surface area contributed by atoms with Crippen LogP contribution in [0.5, 0.6) is 0 Å². The van der Waals surface area contributed by atoms with Crippen molar-refractivity contribution >= 4 is 5.95 Å². The van der Waals surface area contributed by atoms with Gasteiger partial charge in [-0.25, -0.2) is 0 Å². The molecule has 1 heterocycles. The Kier molecular flexibility index (Phi) is 3.46. The summed E-state index contributed by atoms with van der Waals surface area (Å²) in [5.74, 6) is 1.61. The second-order valence-corrected chi connectivity index (χ2v) is 4.06. The van der Waals surface area contributed by atoms with E-state index in [1.54, 1.807) is 4.90 Å². The molecule has 0 fully saturated rings. The number of hydrogen-bond acceptors (Lipinski definition) is 5. The topological polar surface area (TPSA) is 68.2 Å². The molecular formula is C9H18N4O. The number of hydrogen-bond donors (Lipinski definition) is 1. The summed E-state index contributed by atoms with van der Waals surface area (Å²) in [6.45, 7) is 4.23. The standard InChI is InChI=1S/C9H18N4O/c1-6(2)5-7(10)8-11-9(12-14-8)13(3)4/h6-7H,5,10H2,1-4H3/t7-/m1/s1. The second-order valence-electron chi connectivity index (χ2n) is 4.06. The van der Waals surface area contributed by atoms with Gasteiger partial charge >= 0.3 is 0 Å². The van der Waals surface area contributed by atoms with Gasteiger partial charge in [0.2, 0.25) is 5.89 Å². The molecule has 0 radical (unpaired) electrons. The highest BCUT2D eigenvalue weighted by Gasteiger charge is 2.16. The molecule has 1 aromatic heterocycles. The summed E-state index contributed by atoms with van der Waals surface area (Å²) in [4.78, 5) is 5.97. The fourth-order valence-electron chi connectivity index (χ4n) is 1.17. The number of nitrogens with two attached hydrogens (primary N) is 1. The van der Waals surface area contributed by atoms with Gasteiger partial charge in [0.1, 0.15) is 0 Å². The van der Waals surface area contributed by atoms with Gasteiger partial charge in [0, 0.05) is 14.1 Å². The SMILES string of the molecule is CC(C)C[C@@H](N)c1nc(N(C)C)no1. The Hall–Kier alpha value is -1.10. The van der Waals surface area contributed by atoms with Crippen LogP contribution in [0.2, 0.25) is 0 Å². The van der Waals surface area contributed by atoms with Crippen LogP contribution in [0, 0.1) is 5.92 Å². The molecule has 0 aliphatic rings. The third-order valence-corrected chi connectivity index (χ3v) is 1.87. The van der Waals surface area contributed by atoms with Crippen LogP contribution < -0.4 is 10.6 Å². The molecule has 5 nitrogen and oxygen atoms in total. The largest absolute Gasteiger partial charge is 0.344 e. The number of aromatic nitrogens is 2. The molecule has 0 spiro atoms. The second kappa shape index (κ2) is 4.41. The minimum absolute atomic E-state index is 0.156. The average Bonchev–Trinajstić information content (AvgIpc) is 2.50. The van der Waals surface area contributed by atoms with E-state index in [0.717, 1.165) is 6.42 Å². The molecular weight excluding hydrogens is 180 g/mol. The molecule has 0 saturated carbocycles. The zero-order valence-electron chi connectivity index (χ0n) is 9.19. The fraction of sp³-hybridized carbons (Fsp3) is 0.778. The van der Waals surface area contributed by atoms with Gasteiger partial charge < -0.3 is 15.2 Å². The lowest BCUT2D eigenvalue weighted by atomic mass is 10.0. The first-order valence-corrected chi connectivity index (χ1v) is 4.77. The van der Waals surface area contributed by atoms with Crippen molar-refractivity contribution in [1.82, 2.24) is 10.1 Å². The first-order chi connectivity index (χ1) is 6.50. The molecule has 5 heteroatoms. The highest BCUT2D eigenvalue weighted by Crippen LogP contribution is 2.18. The Morgan fingerprint density at radius 3 is 2.50 bits per heavy atom. The van der Waals surface area contributed by atoms with Crippen molar-refractivity contribution in [3.8, 4) is 0 Å². The van der Waals surface area contributed by atoms with Crippen LogP contribution in [-0.4, -0.2) is 24.2 Å². The summed E-state index contributed by atoms with van der Waals surface area (Å²) in [5, 5.41) is 3.80. The van der Waals surface area contributed by atoms with Crippen molar-refractivity contribution in [2.45, 2.75) is 26.3 Å². The smallest absolute Gasteiger partial charge is 0.265 e. The van der Waals surface area contributed by atoms with E-state index < -0.39 is 0 Å². The van der Waals surface area contributed by atoms with Crippen molar-refractivity contribution < 1.29 is 4.52 Å². The third kappa shape index (κ3) is 2.70. The van der Waals surface area contributed by atoms with Gasteiger partial charge in [0.05, 0.1) is 6.04 Å². The van der Waals surface area contributed by atoms with Gasteiger partial charge in [-0.15, -0.1) is 0 Å². The monoisotopic (exact) mass is 198 g/mol. The first-order valence-electron chi connectivity index (χ1n) is 4.77. The minimum atomic E-state index is -0.156. The molecule has 0 bridgehead atoms. The summed E-state index contributed by atoms with van der Waals surface area (Å²) in [5.41, 5.74) is 5.89. The highest BCUT2D eigenvalue weighted by atomic mass is 16.5. The molecule has 0 saturated heterocycles. The van der Waals surface area contributed by atoms with Gasteiger partial charge in [-0.3, -0.25) is 0 Å². The molecule has 1 atom stereocenters. The molecule has 14 heavy (non-hydrogen) atoms. The molecule has 1 rings (SSSR count). The van der Waals surface area contributed by atoms with E-state index in [1.807, 2.05) is 14.1 Å². The number of rotatable bonds is 4. The van der Waals surface area contributed by atoms with E-state index in [9.17, 15) is 0 Å². The third-order valence-electron chi connectivity index (χ3n) is 1.87. The molecule has 2 N–H and O–H groups in total. The Bertz CT molecular complexity index is 282. The van der Waals surface area contributed by atoms with Crippen molar-refractivity contribution in [3.05, 3.63) is 5.89 Å². The van der Waals surface area contributed by atoms with E-state index >= 15 is 0 Å². The summed E-state index contributed by atoms with van der Waals surface area (Å²) in [7, 11) is 3.73. The molecule has 80 valence electrons. The van der Waals surface area contributed by atoms with Crippen molar-refractivity contribution in [3.63, 3.8) is 0 Å². The normalized spacial score (nSPS) is 13.3. The lowest BCUT2D eigenvalue weighted by Gasteiger charge is -2.08. The van der Waals surface area contributed by atoms with Gasteiger partial charge in [-0.05, 0) is 17.5 Å². The summed E-state index contributed by atoms with van der Waals surface area (Å²) < 4.78 is 5.06. The van der Waals surface area contributed by atoms with E-state index in [4.69, 9.17) is 10.3 Å². The maximum Gasteiger partial charge on any atom is 0.265 e. The average molecular weight is 198 g/mol. The maximum atomic E-state index is 5.89. The van der Waals surface area contributed by atoms with Crippen LogP contribution in [-0.2, 0) is 0 Å². The Labute approximate surface area is 84.3 Å². The molecule has 1 aromatic rings. The van der Waals surface area contributed by atoms with Crippen LogP contribution in [0.3, 0.4) is 0 Å². The maximum absolute atomic E-state index is 5.89. The summed E-state index contributed by atoms with van der Waals surface area (Å²) in [6, 6.07) is -0.156. The van der Waals surface area contributed by atoms with Crippen LogP contribution in [0.4, 0.5) is 5.95 Å². The lowest BCUT2D eigenvalue weighted by Crippen LogP contribution is -2.14. The lowest BCUT2D eigenvalue weighted by molar-refractivity contribution is 0.335. The van der Waals surface area contributed by atoms with Crippen molar-refractivity contribution in [2.75, 3.05) is 19.0 Å². The van der Waals surface area contributed by atoms with E-state index in [0.29, 0.717) is 17.8 Å². The van der Waals surface area contributed by atoms with Gasteiger partial charge in [-0.2, -0.15) is 4.98 Å². The first kappa shape index (κ1) is 11.0. The van der Waals surface area contributed by atoms with E-state index in [-0.39, 0.29) is 6.04 Å². The number of nitrogens with zero attached hydrogens (tertiary/aromatic N) is 3. The number of anilines is 1. The Morgan fingerprint density at radius 2 is 2.07 bits per heavy atom. The van der Waals surface area contributed by atoms with E-state index in [2.05, 4.69) is 24.0 Å². The van der Waals surface area contributed by atoms with Crippen molar-refractivity contribution in [1.29, 1.82) is 0 Å². The zero-order chi connectivity index (χ0) is 10.7. The van der Waals surface area contributed by atoms with Gasteiger partial charge in [-0.1, -0.05) is 13.8 Å². The Morgan fingerprint density at radius 1 is 1.43 bits per heavy atom. The fourth-order valence-corrected chi connectivity index (χ4v) is 1.17. The van der Waals surface area contributed by atoms with Crippen LogP contribution in [0.1, 0.15) is 32.2 Å². The van der Waals surface area contributed by atoms with Crippen LogP contribution in [0.25, 0.3) is 0 Å². The summed E-state index contributed by atoms with van der Waals surface area (Å²) >= 11 is 0. The van der Waals surface area contributed by atoms with Crippen LogP contribution >= 0.6 is 0 Å². The zero-order valence-corrected chi connectivity index (χ0v) is 9.19. The van der Waals surface area contributed by atoms with Crippen molar-refractivity contribution in [2.24, 2.45) is 11.7 Å². The van der Waals surface area contributed by atoms with Gasteiger partial charge in [0.25, 0.3) is 5.95 Å². The Balaban J connectivity index is 2.66.